The number of thioether (sulfide) groups is 1. The first-order valence-corrected chi connectivity index (χ1v) is 6.88. The first-order valence-electron chi connectivity index (χ1n) is 4.01. The molecule has 0 aromatic carbocycles. The Morgan fingerprint density at radius 2 is 2.21 bits per heavy atom. The number of sulfone groups is 1. The highest BCUT2D eigenvalue weighted by atomic mass is 32.2. The molecule has 1 heterocycles. The number of hydrogen-bond acceptors (Lipinski definition) is 6. The normalized spacial score (nSPS) is 30.1. The Bertz CT molecular complexity index is 310. The van der Waals surface area contributed by atoms with Crippen molar-refractivity contribution < 1.29 is 23.1 Å². The summed E-state index contributed by atoms with van der Waals surface area (Å²) in [5.41, 5.74) is 0. The van der Waals surface area contributed by atoms with Crippen LogP contribution in [-0.2, 0) is 19.4 Å². The summed E-state index contributed by atoms with van der Waals surface area (Å²) < 4.78 is 26.6. The van der Waals surface area contributed by atoms with Crippen LogP contribution >= 0.6 is 11.8 Å². The number of aliphatic hydroxyl groups excluding tert-OH is 1. The van der Waals surface area contributed by atoms with Crippen LogP contribution in [0.2, 0.25) is 0 Å². The van der Waals surface area contributed by atoms with Crippen molar-refractivity contribution in [2.45, 2.75) is 11.4 Å². The van der Waals surface area contributed by atoms with Gasteiger partial charge in [0.2, 0.25) is 0 Å². The van der Waals surface area contributed by atoms with E-state index in [-0.39, 0.29) is 17.3 Å². The second kappa shape index (κ2) is 4.50. The molecule has 0 bridgehead atoms. The molecule has 0 saturated carbocycles. The lowest BCUT2D eigenvalue weighted by molar-refractivity contribution is -0.137. The molecule has 0 spiro atoms. The zero-order valence-electron chi connectivity index (χ0n) is 7.67. The molecule has 1 rings (SSSR count). The molecule has 7 heteroatoms. The van der Waals surface area contributed by atoms with Gasteiger partial charge in [0.25, 0.3) is 0 Å². The van der Waals surface area contributed by atoms with E-state index in [2.05, 4.69) is 4.74 Å². The fourth-order valence-electron chi connectivity index (χ4n) is 1.19. The molecule has 0 aromatic rings. The zero-order chi connectivity index (χ0) is 10.8. The van der Waals surface area contributed by atoms with Crippen LogP contribution in [0.15, 0.2) is 0 Å². The van der Waals surface area contributed by atoms with Crippen molar-refractivity contribution in [2.24, 2.45) is 0 Å². The SMILES string of the molecule is COC(=O)CSC1CS(=O)(=O)CC1O. The number of esters is 1. The molecule has 5 nitrogen and oxygen atoms in total. The monoisotopic (exact) mass is 240 g/mol. The van der Waals surface area contributed by atoms with E-state index in [1.165, 1.54) is 7.11 Å². The predicted molar refractivity (Wildman–Crippen MR) is 52.9 cm³/mol. The maximum Gasteiger partial charge on any atom is 0.315 e. The number of hydrogen-bond donors (Lipinski definition) is 1. The Kier molecular flexibility index (Phi) is 3.79. The van der Waals surface area contributed by atoms with Crippen LogP contribution < -0.4 is 0 Å². The second-order valence-electron chi connectivity index (χ2n) is 3.07. The smallest absolute Gasteiger partial charge is 0.315 e. The standard InChI is InChI=1S/C7H12O5S2/c1-12-7(9)2-13-6-4-14(10,11)3-5(6)8/h5-6,8H,2-4H2,1H3. The van der Waals surface area contributed by atoms with Gasteiger partial charge in [-0.25, -0.2) is 8.42 Å². The second-order valence-corrected chi connectivity index (χ2v) is 6.45. The maximum absolute atomic E-state index is 11.1. The van der Waals surface area contributed by atoms with Gasteiger partial charge in [0.1, 0.15) is 0 Å². The fraction of sp³-hybridized carbons (Fsp3) is 0.857. The lowest BCUT2D eigenvalue weighted by Crippen LogP contribution is -2.22. The van der Waals surface area contributed by atoms with Crippen molar-refractivity contribution in [3.63, 3.8) is 0 Å². The first kappa shape index (κ1) is 11.8. The minimum atomic E-state index is -3.12. The number of ether oxygens (including phenoxy) is 1. The van der Waals surface area contributed by atoms with Crippen LogP contribution in [0.5, 0.6) is 0 Å². The number of methoxy groups -OCH3 is 1. The lowest BCUT2D eigenvalue weighted by Gasteiger charge is -2.10. The van der Waals surface area contributed by atoms with Gasteiger partial charge in [-0.3, -0.25) is 4.79 Å². The van der Waals surface area contributed by atoms with E-state index in [0.29, 0.717) is 0 Å². The van der Waals surface area contributed by atoms with Crippen molar-refractivity contribution in [1.29, 1.82) is 0 Å². The minimum Gasteiger partial charge on any atom is -0.468 e. The van der Waals surface area contributed by atoms with E-state index in [4.69, 9.17) is 0 Å². The van der Waals surface area contributed by atoms with Crippen molar-refractivity contribution in [1.82, 2.24) is 0 Å². The van der Waals surface area contributed by atoms with Crippen molar-refractivity contribution in [3.05, 3.63) is 0 Å². The van der Waals surface area contributed by atoms with Crippen LogP contribution in [0.25, 0.3) is 0 Å². The van der Waals surface area contributed by atoms with Gasteiger partial charge in [-0.05, 0) is 0 Å². The van der Waals surface area contributed by atoms with Gasteiger partial charge < -0.3 is 9.84 Å². The quantitative estimate of drug-likeness (QED) is 0.641. The van der Waals surface area contributed by atoms with E-state index in [1.54, 1.807) is 0 Å². The summed E-state index contributed by atoms with van der Waals surface area (Å²) in [5.74, 6) is -0.596. The van der Waals surface area contributed by atoms with Crippen LogP contribution in [0.3, 0.4) is 0 Å². The third-order valence-electron chi connectivity index (χ3n) is 1.91. The molecule has 0 aliphatic carbocycles. The third kappa shape index (κ3) is 3.14. The molecule has 2 atom stereocenters. The minimum absolute atomic E-state index is 0.0597. The van der Waals surface area contributed by atoms with Crippen LogP contribution in [0, 0.1) is 0 Å². The van der Waals surface area contributed by atoms with Gasteiger partial charge in [0.05, 0.1) is 30.5 Å². The molecule has 1 fully saturated rings. The Balaban J connectivity index is 2.44. The average molecular weight is 240 g/mol. The molecule has 82 valence electrons. The summed E-state index contributed by atoms with van der Waals surface area (Å²) in [5, 5.41) is 8.95. The molecule has 1 aliphatic heterocycles. The van der Waals surface area contributed by atoms with E-state index in [0.717, 1.165) is 11.8 Å². The van der Waals surface area contributed by atoms with Crippen molar-refractivity contribution >= 4 is 27.6 Å². The summed E-state index contributed by atoms with van der Waals surface area (Å²) in [6, 6.07) is 0. The first-order chi connectivity index (χ1) is 6.44. The lowest BCUT2D eigenvalue weighted by atomic mass is 10.3. The van der Waals surface area contributed by atoms with Gasteiger partial charge in [0.15, 0.2) is 9.84 Å². The Labute approximate surface area is 86.7 Å². The number of aliphatic hydroxyl groups is 1. The number of rotatable bonds is 3. The Morgan fingerprint density at radius 1 is 1.57 bits per heavy atom. The molecular weight excluding hydrogens is 228 g/mol. The van der Waals surface area contributed by atoms with E-state index in [1.807, 2.05) is 0 Å². The van der Waals surface area contributed by atoms with Gasteiger partial charge in [-0.2, -0.15) is 0 Å². The highest BCUT2D eigenvalue weighted by Gasteiger charge is 2.36. The fourth-order valence-corrected chi connectivity index (χ4v) is 4.72. The van der Waals surface area contributed by atoms with E-state index in [9.17, 15) is 18.3 Å². The van der Waals surface area contributed by atoms with E-state index >= 15 is 0 Å². The summed E-state index contributed by atoms with van der Waals surface area (Å²) in [7, 11) is -1.85. The summed E-state index contributed by atoms with van der Waals surface area (Å²) in [6.45, 7) is 0. The van der Waals surface area contributed by atoms with Gasteiger partial charge in [0, 0.05) is 5.25 Å². The van der Waals surface area contributed by atoms with Crippen LogP contribution in [-0.4, -0.2) is 55.2 Å². The van der Waals surface area contributed by atoms with Crippen LogP contribution in [0.1, 0.15) is 0 Å². The third-order valence-corrected chi connectivity index (χ3v) is 5.15. The molecule has 1 saturated heterocycles. The van der Waals surface area contributed by atoms with Gasteiger partial charge in [-0.15, -0.1) is 11.8 Å². The molecule has 0 aromatic heterocycles. The van der Waals surface area contributed by atoms with Crippen molar-refractivity contribution in [2.75, 3.05) is 24.4 Å². The van der Waals surface area contributed by atoms with E-state index < -0.39 is 27.2 Å². The molecule has 14 heavy (non-hydrogen) atoms. The molecule has 1 N–H and O–H groups in total. The summed E-state index contributed by atoms with van der Waals surface area (Å²) in [6.07, 6.45) is -0.866. The van der Waals surface area contributed by atoms with Gasteiger partial charge in [-0.1, -0.05) is 0 Å². The molecule has 0 radical (unpaired) electrons. The molecule has 0 amide bonds. The van der Waals surface area contributed by atoms with Crippen molar-refractivity contribution in [3.8, 4) is 0 Å². The predicted octanol–water partition coefficient (Wildman–Crippen LogP) is -0.950. The number of carbonyl (C=O) groups excluding carboxylic acids is 1. The summed E-state index contributed by atoms with van der Waals surface area (Å²) in [4.78, 5) is 10.8. The topological polar surface area (TPSA) is 80.7 Å². The molecule has 2 unspecified atom stereocenters. The largest absolute Gasteiger partial charge is 0.468 e. The zero-order valence-corrected chi connectivity index (χ0v) is 9.31. The number of carbonyl (C=O) groups is 1. The Morgan fingerprint density at radius 3 is 2.64 bits per heavy atom. The van der Waals surface area contributed by atoms with Crippen LogP contribution in [0.4, 0.5) is 0 Å². The average Bonchev–Trinajstić information content (AvgIpc) is 2.35. The Hall–Kier alpha value is -0.270. The molecule has 1 aliphatic rings. The van der Waals surface area contributed by atoms with Gasteiger partial charge >= 0.3 is 5.97 Å². The maximum atomic E-state index is 11.1. The molecular formula is C7H12O5S2. The summed E-state index contributed by atoms with van der Waals surface area (Å²) >= 11 is 1.12. The highest BCUT2D eigenvalue weighted by Crippen LogP contribution is 2.24. The highest BCUT2D eigenvalue weighted by molar-refractivity contribution is 8.02.